The maximum Gasteiger partial charge on any atom is 0.326 e. The van der Waals surface area contributed by atoms with Gasteiger partial charge in [0.25, 0.3) is 0 Å². The monoisotopic (exact) mass is 490 g/mol. The number of carbonyl (C=O) groups is 4. The number of rotatable bonds is 14. The van der Waals surface area contributed by atoms with Gasteiger partial charge in [-0.05, 0) is 23.3 Å². The van der Waals surface area contributed by atoms with Crippen molar-refractivity contribution in [2.45, 2.75) is 85.0 Å². The average molecular weight is 491 g/mol. The Morgan fingerprint density at radius 1 is 0.800 bits per heavy atom. The summed E-state index contributed by atoms with van der Waals surface area (Å²) in [6.45, 7) is 11.0. The normalized spacial score (nSPS) is 16.3. The summed E-state index contributed by atoms with van der Waals surface area (Å²) in [6, 6.07) is 5.35. The highest BCUT2D eigenvalue weighted by Crippen LogP contribution is 2.13. The highest BCUT2D eigenvalue weighted by atomic mass is 16.4. The number of carboxylic acid groups (broad SMARTS) is 1. The first kappa shape index (κ1) is 30.1. The highest BCUT2D eigenvalue weighted by Gasteiger charge is 2.33. The van der Waals surface area contributed by atoms with Crippen LogP contribution >= 0.6 is 0 Å². The van der Waals surface area contributed by atoms with E-state index in [0.717, 1.165) is 5.56 Å². The van der Waals surface area contributed by atoms with Gasteiger partial charge < -0.3 is 26.8 Å². The van der Waals surface area contributed by atoms with E-state index in [-0.39, 0.29) is 24.2 Å². The van der Waals surface area contributed by atoms with Crippen molar-refractivity contribution in [1.82, 2.24) is 16.0 Å². The minimum Gasteiger partial charge on any atom is -0.480 e. The molecule has 9 nitrogen and oxygen atoms in total. The number of nitrogens with one attached hydrogen (secondary N) is 3. The SMILES string of the molecule is CCC(C)C(NC(=O)C(Cc1ccccc1)NC(=O)C(NC(=O)C(N)C(C)C)C(C)CC)C(=O)O. The van der Waals surface area contributed by atoms with E-state index in [9.17, 15) is 24.3 Å². The van der Waals surface area contributed by atoms with E-state index in [2.05, 4.69) is 16.0 Å². The number of amides is 3. The van der Waals surface area contributed by atoms with Gasteiger partial charge in [-0.1, -0.05) is 84.7 Å². The number of nitrogens with two attached hydrogens (primary N) is 1. The third-order valence-corrected chi connectivity index (χ3v) is 6.51. The molecule has 6 atom stereocenters. The Hall–Kier alpha value is -2.94. The van der Waals surface area contributed by atoms with Gasteiger partial charge in [-0.2, -0.15) is 0 Å². The van der Waals surface area contributed by atoms with E-state index in [1.807, 2.05) is 65.0 Å². The zero-order valence-electron chi connectivity index (χ0n) is 21.7. The number of benzene rings is 1. The molecule has 6 N–H and O–H groups in total. The highest BCUT2D eigenvalue weighted by molar-refractivity contribution is 5.94. The second-order valence-electron chi connectivity index (χ2n) is 9.60. The van der Waals surface area contributed by atoms with Crippen molar-refractivity contribution >= 4 is 23.7 Å². The van der Waals surface area contributed by atoms with Crippen molar-refractivity contribution in [3.63, 3.8) is 0 Å². The van der Waals surface area contributed by atoms with Gasteiger partial charge in [-0.25, -0.2) is 4.79 Å². The third-order valence-electron chi connectivity index (χ3n) is 6.51. The molecule has 3 amide bonds. The van der Waals surface area contributed by atoms with Gasteiger partial charge in [0.05, 0.1) is 6.04 Å². The van der Waals surface area contributed by atoms with Crippen LogP contribution in [0.1, 0.15) is 59.9 Å². The van der Waals surface area contributed by atoms with E-state index in [0.29, 0.717) is 12.8 Å². The molecular formula is C26H42N4O5. The summed E-state index contributed by atoms with van der Waals surface area (Å²) >= 11 is 0. The van der Waals surface area contributed by atoms with Gasteiger partial charge in [0, 0.05) is 6.42 Å². The molecule has 0 aromatic heterocycles. The molecule has 0 saturated carbocycles. The fourth-order valence-electron chi connectivity index (χ4n) is 3.51. The average Bonchev–Trinajstić information content (AvgIpc) is 2.83. The maximum atomic E-state index is 13.3. The molecular weight excluding hydrogens is 448 g/mol. The number of hydrogen-bond acceptors (Lipinski definition) is 5. The molecule has 0 saturated heterocycles. The molecule has 0 aliphatic rings. The lowest BCUT2D eigenvalue weighted by Gasteiger charge is -2.29. The smallest absolute Gasteiger partial charge is 0.326 e. The summed E-state index contributed by atoms with van der Waals surface area (Å²) in [5.41, 5.74) is 6.76. The molecule has 0 aliphatic carbocycles. The molecule has 196 valence electrons. The summed E-state index contributed by atoms with van der Waals surface area (Å²) in [6.07, 6.45) is 1.34. The zero-order valence-corrected chi connectivity index (χ0v) is 21.7. The first-order valence-corrected chi connectivity index (χ1v) is 12.4. The van der Waals surface area contributed by atoms with E-state index in [1.165, 1.54) is 0 Å². The predicted molar refractivity (Wildman–Crippen MR) is 135 cm³/mol. The van der Waals surface area contributed by atoms with Gasteiger partial charge in [0.15, 0.2) is 0 Å². The van der Waals surface area contributed by atoms with Crippen molar-refractivity contribution in [3.05, 3.63) is 35.9 Å². The molecule has 0 aliphatic heterocycles. The molecule has 1 aromatic carbocycles. The molecule has 1 rings (SSSR count). The zero-order chi connectivity index (χ0) is 26.7. The van der Waals surface area contributed by atoms with Gasteiger partial charge in [0.2, 0.25) is 17.7 Å². The fourth-order valence-corrected chi connectivity index (χ4v) is 3.51. The first-order valence-electron chi connectivity index (χ1n) is 12.4. The minimum atomic E-state index is -1.13. The molecule has 0 heterocycles. The Labute approximate surface area is 208 Å². The summed E-state index contributed by atoms with van der Waals surface area (Å²) in [7, 11) is 0. The Morgan fingerprint density at radius 3 is 1.80 bits per heavy atom. The minimum absolute atomic E-state index is 0.110. The first-order chi connectivity index (χ1) is 16.4. The molecule has 0 radical (unpaired) electrons. The van der Waals surface area contributed by atoms with Crippen LogP contribution in [0.5, 0.6) is 0 Å². The molecule has 1 aromatic rings. The largest absolute Gasteiger partial charge is 0.480 e. The van der Waals surface area contributed by atoms with Crippen LogP contribution < -0.4 is 21.7 Å². The standard InChI is InChI=1S/C26H42N4O5/c1-7-16(5)21(29-24(32)20(27)15(3)4)25(33)28-19(14-18-12-10-9-11-13-18)23(31)30-22(26(34)35)17(6)8-2/h9-13,15-17,19-22H,7-8,14,27H2,1-6H3,(H,28,33)(H,29,32)(H,30,31)(H,34,35). The topological polar surface area (TPSA) is 151 Å². The third kappa shape index (κ3) is 9.32. The van der Waals surface area contributed by atoms with Crippen LogP contribution in [0.3, 0.4) is 0 Å². The number of carbonyl (C=O) groups excluding carboxylic acids is 3. The Kier molecular flexibility index (Phi) is 12.4. The maximum absolute atomic E-state index is 13.3. The molecule has 0 spiro atoms. The fraction of sp³-hybridized carbons (Fsp3) is 0.615. The number of aliphatic carboxylic acids is 1. The van der Waals surface area contributed by atoms with E-state index in [1.54, 1.807) is 6.92 Å². The summed E-state index contributed by atoms with van der Waals surface area (Å²) in [5.74, 6) is -3.31. The molecule has 0 fully saturated rings. The second kappa shape index (κ2) is 14.5. The van der Waals surface area contributed by atoms with Crippen LogP contribution in [-0.2, 0) is 25.6 Å². The molecule has 6 unspecified atom stereocenters. The van der Waals surface area contributed by atoms with Crippen LogP contribution in [0, 0.1) is 17.8 Å². The summed E-state index contributed by atoms with van der Waals surface area (Å²) in [4.78, 5) is 50.9. The van der Waals surface area contributed by atoms with Gasteiger partial charge in [-0.15, -0.1) is 0 Å². The van der Waals surface area contributed by atoms with Crippen molar-refractivity contribution in [1.29, 1.82) is 0 Å². The Morgan fingerprint density at radius 2 is 1.31 bits per heavy atom. The van der Waals surface area contributed by atoms with Gasteiger partial charge >= 0.3 is 5.97 Å². The van der Waals surface area contributed by atoms with Crippen molar-refractivity contribution in [3.8, 4) is 0 Å². The molecule has 9 heteroatoms. The lowest BCUT2D eigenvalue weighted by atomic mass is 9.95. The Bertz CT molecular complexity index is 845. The summed E-state index contributed by atoms with van der Waals surface area (Å²) in [5, 5.41) is 17.7. The van der Waals surface area contributed by atoms with Crippen molar-refractivity contribution < 1.29 is 24.3 Å². The summed E-state index contributed by atoms with van der Waals surface area (Å²) < 4.78 is 0. The second-order valence-corrected chi connectivity index (χ2v) is 9.60. The van der Waals surface area contributed by atoms with Crippen LogP contribution in [0.2, 0.25) is 0 Å². The van der Waals surface area contributed by atoms with Crippen molar-refractivity contribution in [2.75, 3.05) is 0 Å². The van der Waals surface area contributed by atoms with E-state index in [4.69, 9.17) is 5.73 Å². The van der Waals surface area contributed by atoms with E-state index < -0.39 is 47.9 Å². The number of hydrogen-bond donors (Lipinski definition) is 5. The lowest BCUT2D eigenvalue weighted by Crippen LogP contribution is -2.59. The number of carboxylic acids is 1. The predicted octanol–water partition coefficient (Wildman–Crippen LogP) is 1.84. The van der Waals surface area contributed by atoms with Crippen LogP contribution in [0.15, 0.2) is 30.3 Å². The Balaban J connectivity index is 3.18. The quantitative estimate of drug-likeness (QED) is 0.268. The molecule has 0 bridgehead atoms. The van der Waals surface area contributed by atoms with Crippen molar-refractivity contribution in [2.24, 2.45) is 23.5 Å². The van der Waals surface area contributed by atoms with Crippen LogP contribution in [-0.4, -0.2) is 53.0 Å². The van der Waals surface area contributed by atoms with Crippen LogP contribution in [0.4, 0.5) is 0 Å². The van der Waals surface area contributed by atoms with Crippen LogP contribution in [0.25, 0.3) is 0 Å². The molecule has 35 heavy (non-hydrogen) atoms. The van der Waals surface area contributed by atoms with Gasteiger partial charge in [-0.3, -0.25) is 14.4 Å². The van der Waals surface area contributed by atoms with Gasteiger partial charge in [0.1, 0.15) is 18.1 Å². The lowest BCUT2D eigenvalue weighted by molar-refractivity contribution is -0.144. The van der Waals surface area contributed by atoms with E-state index >= 15 is 0 Å².